The lowest BCUT2D eigenvalue weighted by atomic mass is 9.99. The maximum Gasteiger partial charge on any atom is 0.337 e. The van der Waals surface area contributed by atoms with Crippen LogP contribution < -0.4 is 15.5 Å². The Balaban J connectivity index is 1.60. The van der Waals surface area contributed by atoms with Gasteiger partial charge in [-0.3, -0.25) is 9.78 Å². The Kier molecular flexibility index (Phi) is 7.32. The van der Waals surface area contributed by atoms with E-state index in [9.17, 15) is 19.5 Å². The monoisotopic (exact) mass is 537 g/mol. The van der Waals surface area contributed by atoms with Crippen LogP contribution in [0.1, 0.15) is 32.7 Å². The smallest absolute Gasteiger partial charge is 0.337 e. The molecule has 0 saturated heterocycles. The van der Waals surface area contributed by atoms with E-state index in [1.54, 1.807) is 54.6 Å². The fourth-order valence-corrected chi connectivity index (χ4v) is 4.48. The molecule has 3 aromatic carbocycles. The van der Waals surface area contributed by atoms with Gasteiger partial charge in [-0.2, -0.15) is 0 Å². The van der Waals surface area contributed by atoms with E-state index >= 15 is 4.39 Å². The van der Waals surface area contributed by atoms with Gasteiger partial charge in [0, 0.05) is 23.0 Å². The molecule has 1 unspecified atom stereocenters. The van der Waals surface area contributed by atoms with Crippen molar-refractivity contribution in [1.29, 1.82) is 0 Å². The molecule has 0 fully saturated rings. The second-order valence-corrected chi connectivity index (χ2v) is 9.07. The summed E-state index contributed by atoms with van der Waals surface area (Å²) in [6.45, 7) is 1.65. The maximum absolute atomic E-state index is 15.0. The number of anilines is 2. The minimum absolute atomic E-state index is 0.0750. The summed E-state index contributed by atoms with van der Waals surface area (Å²) in [6.07, 6.45) is -0.0359. The minimum Gasteiger partial charge on any atom is -0.478 e. The third-order valence-electron chi connectivity index (χ3n) is 6.31. The number of carbonyl (C=O) groups is 3. The van der Waals surface area contributed by atoms with Crippen molar-refractivity contribution >= 4 is 35.0 Å². The normalized spacial score (nSPS) is 14.6. The molecule has 3 amide bonds. The number of aromatic nitrogens is 1. The summed E-state index contributed by atoms with van der Waals surface area (Å²) in [5, 5.41) is 15.0. The zero-order valence-corrected chi connectivity index (χ0v) is 21.3. The topological polar surface area (TPSA) is 124 Å². The minimum atomic E-state index is -1.47. The number of benzodiazepines with no additional fused rings is 1. The Morgan fingerprint density at radius 1 is 0.975 bits per heavy atom. The summed E-state index contributed by atoms with van der Waals surface area (Å²) in [5.74, 6) is -2.41. The number of para-hydroxylation sites is 1. The SMILES string of the molecule is Cc1cccc(NC(=O)NC2N=C(c3ccccc3F)c3ccccc3N(Cc3ncccc3C(=O)O)C2=O)c1. The number of aryl methyl sites for hydroxylation is 1. The van der Waals surface area contributed by atoms with Crippen LogP contribution >= 0.6 is 0 Å². The number of carbonyl (C=O) groups excluding carboxylic acids is 2. The number of nitrogens with one attached hydrogen (secondary N) is 2. The van der Waals surface area contributed by atoms with Gasteiger partial charge in [-0.1, -0.05) is 42.5 Å². The molecule has 5 rings (SSSR count). The molecule has 9 nitrogen and oxygen atoms in total. The molecule has 40 heavy (non-hydrogen) atoms. The number of carboxylic acids is 1. The van der Waals surface area contributed by atoms with Gasteiger partial charge in [-0.25, -0.2) is 19.0 Å². The van der Waals surface area contributed by atoms with Crippen molar-refractivity contribution in [2.45, 2.75) is 19.6 Å². The molecule has 0 radical (unpaired) electrons. The van der Waals surface area contributed by atoms with Crippen molar-refractivity contribution in [2.24, 2.45) is 4.99 Å². The van der Waals surface area contributed by atoms with Crippen molar-refractivity contribution < 1.29 is 23.9 Å². The average Bonchev–Trinajstić information content (AvgIpc) is 3.04. The van der Waals surface area contributed by atoms with Gasteiger partial charge in [0.15, 0.2) is 0 Å². The van der Waals surface area contributed by atoms with Gasteiger partial charge in [-0.15, -0.1) is 0 Å². The molecule has 1 aliphatic rings. The van der Waals surface area contributed by atoms with E-state index in [-0.39, 0.29) is 29.1 Å². The van der Waals surface area contributed by atoms with Gasteiger partial charge in [-0.05, 0) is 55.0 Å². The largest absolute Gasteiger partial charge is 0.478 e. The van der Waals surface area contributed by atoms with E-state index in [1.807, 2.05) is 13.0 Å². The van der Waals surface area contributed by atoms with E-state index in [4.69, 9.17) is 0 Å². The molecule has 0 spiro atoms. The van der Waals surface area contributed by atoms with E-state index in [0.29, 0.717) is 16.9 Å². The number of urea groups is 1. The molecule has 0 aliphatic carbocycles. The third kappa shape index (κ3) is 5.41. The summed E-state index contributed by atoms with van der Waals surface area (Å²) in [5.41, 5.74) is 2.58. The van der Waals surface area contributed by atoms with Crippen LogP contribution in [0.2, 0.25) is 0 Å². The number of aromatic carboxylic acids is 1. The lowest BCUT2D eigenvalue weighted by Crippen LogP contribution is -2.48. The highest BCUT2D eigenvalue weighted by atomic mass is 19.1. The number of carboxylic acid groups (broad SMARTS) is 1. The van der Waals surface area contributed by atoms with Gasteiger partial charge in [0.2, 0.25) is 6.17 Å². The second kappa shape index (κ2) is 11.2. The van der Waals surface area contributed by atoms with Crippen LogP contribution in [0.5, 0.6) is 0 Å². The first-order valence-electron chi connectivity index (χ1n) is 12.4. The van der Waals surface area contributed by atoms with Gasteiger partial charge < -0.3 is 20.6 Å². The van der Waals surface area contributed by atoms with Crippen LogP contribution in [-0.2, 0) is 11.3 Å². The molecule has 0 bridgehead atoms. The highest BCUT2D eigenvalue weighted by Gasteiger charge is 2.34. The number of amides is 3. The standard InChI is InChI=1S/C30H24FN5O4/c1-18-8-6-9-19(16-18)33-30(40)35-27-28(37)36(17-24-21(29(38)39)12-7-15-32-24)25-14-5-3-11-22(25)26(34-27)20-10-2-4-13-23(20)31/h2-16,27H,17H2,1H3,(H,38,39)(H2,33,35,40). The van der Waals surface area contributed by atoms with Crippen molar-refractivity contribution in [3.05, 3.63) is 125 Å². The number of halogens is 1. The molecule has 10 heteroatoms. The highest BCUT2D eigenvalue weighted by Crippen LogP contribution is 2.30. The van der Waals surface area contributed by atoms with Gasteiger partial charge in [0.25, 0.3) is 5.91 Å². The molecule has 2 heterocycles. The maximum atomic E-state index is 15.0. The molecule has 1 atom stereocenters. The Hall–Kier alpha value is -5.38. The quantitative estimate of drug-likeness (QED) is 0.327. The second-order valence-electron chi connectivity index (χ2n) is 9.07. The number of benzene rings is 3. The fraction of sp³-hybridized carbons (Fsp3) is 0.100. The summed E-state index contributed by atoms with van der Waals surface area (Å²) < 4.78 is 15.0. The number of hydrogen-bond acceptors (Lipinski definition) is 5. The van der Waals surface area contributed by atoms with E-state index in [1.165, 1.54) is 35.4 Å². The zero-order valence-electron chi connectivity index (χ0n) is 21.3. The fourth-order valence-electron chi connectivity index (χ4n) is 4.48. The number of pyridine rings is 1. The molecule has 200 valence electrons. The molecule has 4 aromatic rings. The number of fused-ring (bicyclic) bond motifs is 1. The Labute approximate surface area is 229 Å². The van der Waals surface area contributed by atoms with Crippen LogP contribution in [0.4, 0.5) is 20.6 Å². The molecule has 0 saturated carbocycles. The Morgan fingerprint density at radius 3 is 2.48 bits per heavy atom. The van der Waals surface area contributed by atoms with Gasteiger partial charge in [0.05, 0.1) is 29.2 Å². The summed E-state index contributed by atoms with van der Waals surface area (Å²) >= 11 is 0. The first kappa shape index (κ1) is 26.2. The Morgan fingerprint density at radius 2 is 1.73 bits per heavy atom. The van der Waals surface area contributed by atoms with Crippen LogP contribution in [0, 0.1) is 12.7 Å². The lowest BCUT2D eigenvalue weighted by molar-refractivity contribution is -0.120. The summed E-state index contributed by atoms with van der Waals surface area (Å²) in [6, 6.07) is 22.1. The molecule has 3 N–H and O–H groups in total. The van der Waals surface area contributed by atoms with Crippen molar-refractivity contribution in [2.75, 3.05) is 10.2 Å². The van der Waals surface area contributed by atoms with Crippen LogP contribution in [0.15, 0.2) is 96.1 Å². The first-order valence-corrected chi connectivity index (χ1v) is 12.4. The van der Waals surface area contributed by atoms with Gasteiger partial charge in [0.1, 0.15) is 5.82 Å². The van der Waals surface area contributed by atoms with Crippen molar-refractivity contribution in [1.82, 2.24) is 10.3 Å². The summed E-state index contributed by atoms with van der Waals surface area (Å²) in [7, 11) is 0. The van der Waals surface area contributed by atoms with Crippen molar-refractivity contribution in [3.8, 4) is 0 Å². The molecule has 1 aromatic heterocycles. The molecular weight excluding hydrogens is 513 g/mol. The zero-order chi connectivity index (χ0) is 28.2. The number of aliphatic imine (C=N–C) groups is 1. The third-order valence-corrected chi connectivity index (χ3v) is 6.31. The molecular formula is C30H24FN5O4. The Bertz CT molecular complexity index is 1650. The van der Waals surface area contributed by atoms with Crippen LogP contribution in [0.3, 0.4) is 0 Å². The molecule has 1 aliphatic heterocycles. The van der Waals surface area contributed by atoms with Gasteiger partial charge >= 0.3 is 12.0 Å². The first-order chi connectivity index (χ1) is 19.3. The average molecular weight is 538 g/mol. The van der Waals surface area contributed by atoms with Crippen molar-refractivity contribution in [3.63, 3.8) is 0 Å². The van der Waals surface area contributed by atoms with E-state index in [2.05, 4.69) is 20.6 Å². The number of nitrogens with zero attached hydrogens (tertiary/aromatic N) is 3. The van der Waals surface area contributed by atoms with Crippen LogP contribution in [0.25, 0.3) is 0 Å². The predicted octanol–water partition coefficient (Wildman–Crippen LogP) is 4.76. The number of hydrogen-bond donors (Lipinski definition) is 3. The highest BCUT2D eigenvalue weighted by molar-refractivity contribution is 6.20. The lowest BCUT2D eigenvalue weighted by Gasteiger charge is -2.25. The summed E-state index contributed by atoms with van der Waals surface area (Å²) in [4.78, 5) is 48.9. The number of rotatable bonds is 6. The van der Waals surface area contributed by atoms with E-state index < -0.39 is 29.9 Å². The van der Waals surface area contributed by atoms with Crippen LogP contribution in [-0.4, -0.2) is 39.9 Å². The van der Waals surface area contributed by atoms with E-state index in [0.717, 1.165) is 5.56 Å². The predicted molar refractivity (Wildman–Crippen MR) is 148 cm³/mol.